The monoisotopic (exact) mass is 329 g/mol. The average Bonchev–Trinajstić information content (AvgIpc) is 2.47. The Morgan fingerprint density at radius 1 is 1.20 bits per heavy atom. The van der Waals surface area contributed by atoms with Gasteiger partial charge in [0.1, 0.15) is 12.4 Å². The molecule has 0 aromatic heterocycles. The van der Waals surface area contributed by atoms with Crippen LogP contribution in [0.5, 0.6) is 0 Å². The number of dihydropyridines is 1. The van der Waals surface area contributed by atoms with E-state index in [0.717, 1.165) is 10.0 Å². The lowest BCUT2D eigenvalue weighted by molar-refractivity contribution is -0.113. The molecular weight excluding hydrogens is 318 g/mol. The molecule has 0 fully saturated rings. The van der Waals surface area contributed by atoms with Crippen molar-refractivity contribution in [2.75, 3.05) is 0 Å². The molecule has 4 heteroatoms. The van der Waals surface area contributed by atoms with E-state index in [2.05, 4.69) is 20.9 Å². The van der Waals surface area contributed by atoms with Crippen molar-refractivity contribution in [1.82, 2.24) is 0 Å². The van der Waals surface area contributed by atoms with Gasteiger partial charge in [0.15, 0.2) is 0 Å². The molecule has 1 atom stereocenters. The average molecular weight is 330 g/mol. The van der Waals surface area contributed by atoms with Crippen LogP contribution in [0.3, 0.4) is 0 Å². The van der Waals surface area contributed by atoms with E-state index in [-0.39, 0.29) is 11.8 Å². The number of rotatable bonds is 3. The minimum absolute atomic E-state index is 0.0246. The fraction of sp³-hybridized carbons (Fsp3) is 0.125. The fourth-order valence-electron chi connectivity index (χ4n) is 2.13. The number of nitrogens with zero attached hydrogens (tertiary/aromatic N) is 1. The molecule has 0 saturated heterocycles. The van der Waals surface area contributed by atoms with Crippen molar-refractivity contribution in [1.29, 1.82) is 0 Å². The Morgan fingerprint density at radius 2 is 2.00 bits per heavy atom. The number of carbonyl (C=O) groups is 1. The highest BCUT2D eigenvalue weighted by Gasteiger charge is 2.27. The van der Waals surface area contributed by atoms with E-state index in [0.29, 0.717) is 18.1 Å². The third kappa shape index (κ3) is 2.65. The number of ether oxygens (including phenoxy) is 1. The molecule has 1 unspecified atom stereocenters. The molecular formula is C16H12BrNO2. The zero-order chi connectivity index (χ0) is 13.9. The van der Waals surface area contributed by atoms with Crippen molar-refractivity contribution in [3.05, 3.63) is 70.4 Å². The maximum Gasteiger partial charge on any atom is 0.269 e. The lowest BCUT2D eigenvalue weighted by Gasteiger charge is -2.23. The number of carbonyl (C=O) groups excluding carboxylic acids is 1. The molecule has 20 heavy (non-hydrogen) atoms. The van der Waals surface area contributed by atoms with Gasteiger partial charge in [-0.1, -0.05) is 52.3 Å². The fourth-order valence-corrected chi connectivity index (χ4v) is 2.63. The first-order valence-corrected chi connectivity index (χ1v) is 7.08. The number of fused-ring (bicyclic) bond motifs is 1. The summed E-state index contributed by atoms with van der Waals surface area (Å²) in [5.74, 6) is 0.385. The SMILES string of the molecule is O=C1C=CC2C(Br)=CC=C(OCc3ccccc3)C2=N1. The Labute approximate surface area is 125 Å². The summed E-state index contributed by atoms with van der Waals surface area (Å²) in [5, 5.41) is 0. The zero-order valence-corrected chi connectivity index (χ0v) is 12.2. The van der Waals surface area contributed by atoms with Crippen LogP contribution in [0.15, 0.2) is 69.9 Å². The van der Waals surface area contributed by atoms with Gasteiger partial charge in [-0.2, -0.15) is 0 Å². The van der Waals surface area contributed by atoms with Gasteiger partial charge in [-0.05, 0) is 17.7 Å². The molecule has 3 nitrogen and oxygen atoms in total. The lowest BCUT2D eigenvalue weighted by atomic mass is 9.94. The van der Waals surface area contributed by atoms with E-state index >= 15 is 0 Å². The van der Waals surface area contributed by atoms with E-state index in [4.69, 9.17) is 4.74 Å². The van der Waals surface area contributed by atoms with Gasteiger partial charge in [-0.25, -0.2) is 4.99 Å². The third-order valence-corrected chi connectivity index (χ3v) is 3.89. The van der Waals surface area contributed by atoms with Crippen LogP contribution in [-0.2, 0) is 16.1 Å². The predicted octanol–water partition coefficient (Wildman–Crippen LogP) is 3.53. The Kier molecular flexibility index (Phi) is 3.65. The van der Waals surface area contributed by atoms with Gasteiger partial charge in [0.05, 0.1) is 11.6 Å². The van der Waals surface area contributed by atoms with Gasteiger partial charge < -0.3 is 4.74 Å². The summed E-state index contributed by atoms with van der Waals surface area (Å²) < 4.78 is 6.79. The number of amides is 1. The van der Waals surface area contributed by atoms with E-state index in [9.17, 15) is 4.79 Å². The van der Waals surface area contributed by atoms with Crippen molar-refractivity contribution < 1.29 is 9.53 Å². The Bertz CT molecular complexity index is 656. The highest BCUT2D eigenvalue weighted by atomic mass is 79.9. The maximum absolute atomic E-state index is 11.5. The number of halogens is 1. The highest BCUT2D eigenvalue weighted by molar-refractivity contribution is 9.11. The van der Waals surface area contributed by atoms with Crippen LogP contribution in [0.25, 0.3) is 0 Å². The van der Waals surface area contributed by atoms with Crippen LogP contribution in [0.1, 0.15) is 5.56 Å². The number of hydrogen-bond acceptors (Lipinski definition) is 2. The predicted molar refractivity (Wildman–Crippen MR) is 81.4 cm³/mol. The summed E-state index contributed by atoms with van der Waals surface area (Å²) in [6, 6.07) is 9.91. The van der Waals surface area contributed by atoms with Crippen LogP contribution < -0.4 is 0 Å². The summed E-state index contributed by atoms with van der Waals surface area (Å²) in [6.07, 6.45) is 7.10. The first-order valence-electron chi connectivity index (χ1n) is 6.29. The topological polar surface area (TPSA) is 38.7 Å². The summed E-state index contributed by atoms with van der Waals surface area (Å²) >= 11 is 3.49. The maximum atomic E-state index is 11.5. The summed E-state index contributed by atoms with van der Waals surface area (Å²) in [7, 11) is 0. The molecule has 0 spiro atoms. The van der Waals surface area contributed by atoms with E-state index in [1.807, 2.05) is 48.6 Å². The standard InChI is InChI=1S/C16H12BrNO2/c17-13-7-8-14(16-12(13)6-9-15(19)18-16)20-10-11-4-2-1-3-5-11/h1-9,12H,10H2. The lowest BCUT2D eigenvalue weighted by Crippen LogP contribution is -2.24. The largest absolute Gasteiger partial charge is 0.487 e. The minimum atomic E-state index is -0.243. The number of benzene rings is 1. The van der Waals surface area contributed by atoms with Crippen molar-refractivity contribution >= 4 is 27.5 Å². The van der Waals surface area contributed by atoms with E-state index < -0.39 is 0 Å². The first kappa shape index (κ1) is 13.1. The van der Waals surface area contributed by atoms with Crippen molar-refractivity contribution in [3.63, 3.8) is 0 Å². The normalized spacial score (nSPS) is 20.8. The molecule has 1 aliphatic heterocycles. The molecule has 0 N–H and O–H groups in total. The summed E-state index contributed by atoms with van der Waals surface area (Å²) in [4.78, 5) is 15.5. The van der Waals surface area contributed by atoms with Gasteiger partial charge in [0, 0.05) is 10.6 Å². The molecule has 3 rings (SSSR count). The van der Waals surface area contributed by atoms with E-state index in [1.165, 1.54) is 6.08 Å². The first-order chi connectivity index (χ1) is 9.74. The van der Waals surface area contributed by atoms with Crippen molar-refractivity contribution in [2.24, 2.45) is 10.9 Å². The number of hydrogen-bond donors (Lipinski definition) is 0. The van der Waals surface area contributed by atoms with Crippen LogP contribution in [0, 0.1) is 5.92 Å². The summed E-state index contributed by atoms with van der Waals surface area (Å²) in [5.41, 5.74) is 1.75. The third-order valence-electron chi connectivity index (χ3n) is 3.14. The van der Waals surface area contributed by atoms with Crippen molar-refractivity contribution in [2.45, 2.75) is 6.61 Å². The van der Waals surface area contributed by atoms with Gasteiger partial charge in [-0.15, -0.1) is 0 Å². The molecule has 2 aliphatic rings. The smallest absolute Gasteiger partial charge is 0.269 e. The molecule has 1 aromatic carbocycles. The second-order valence-corrected chi connectivity index (χ2v) is 5.44. The Hall–Kier alpha value is -1.94. The zero-order valence-electron chi connectivity index (χ0n) is 10.6. The molecule has 100 valence electrons. The second kappa shape index (κ2) is 5.59. The molecule has 0 radical (unpaired) electrons. The quantitative estimate of drug-likeness (QED) is 0.850. The molecule has 1 heterocycles. The second-order valence-electron chi connectivity index (χ2n) is 4.53. The van der Waals surface area contributed by atoms with Gasteiger partial charge in [0.2, 0.25) is 0 Å². The molecule has 1 aromatic rings. The van der Waals surface area contributed by atoms with E-state index in [1.54, 1.807) is 0 Å². The Morgan fingerprint density at radius 3 is 2.80 bits per heavy atom. The summed E-state index contributed by atoms with van der Waals surface area (Å²) in [6.45, 7) is 0.460. The van der Waals surface area contributed by atoms with Crippen LogP contribution in [0.4, 0.5) is 0 Å². The highest BCUT2D eigenvalue weighted by Crippen LogP contribution is 2.31. The number of allylic oxidation sites excluding steroid dienone is 5. The molecule has 0 bridgehead atoms. The molecule has 1 aliphatic carbocycles. The molecule has 1 amide bonds. The van der Waals surface area contributed by atoms with Crippen molar-refractivity contribution in [3.8, 4) is 0 Å². The van der Waals surface area contributed by atoms with Crippen LogP contribution in [-0.4, -0.2) is 11.6 Å². The molecule has 0 saturated carbocycles. The number of aliphatic imine (C=N–C) groups is 1. The van der Waals surface area contributed by atoms with Gasteiger partial charge in [-0.3, -0.25) is 4.79 Å². The van der Waals surface area contributed by atoms with Gasteiger partial charge >= 0.3 is 0 Å². The van der Waals surface area contributed by atoms with Gasteiger partial charge in [0.25, 0.3) is 5.91 Å². The Balaban J connectivity index is 1.80. The van der Waals surface area contributed by atoms with Crippen LogP contribution >= 0.6 is 15.9 Å². The minimum Gasteiger partial charge on any atom is -0.487 e. The van der Waals surface area contributed by atoms with Crippen LogP contribution in [0.2, 0.25) is 0 Å².